The van der Waals surface area contributed by atoms with E-state index in [-0.39, 0.29) is 11.7 Å². The summed E-state index contributed by atoms with van der Waals surface area (Å²) >= 11 is 7.58. The average molecular weight is 492 g/mol. The first kappa shape index (κ1) is 25.3. The van der Waals surface area contributed by atoms with Gasteiger partial charge in [-0.3, -0.25) is 10.1 Å². The lowest BCUT2D eigenvalue weighted by Gasteiger charge is -2.13. The lowest BCUT2D eigenvalue weighted by Crippen LogP contribution is -2.40. The number of imide groups is 1. The third-order valence-electron chi connectivity index (χ3n) is 5.26. The van der Waals surface area contributed by atoms with E-state index in [1.165, 1.54) is 30.2 Å². The first-order chi connectivity index (χ1) is 16.1. The zero-order valence-electron chi connectivity index (χ0n) is 18.8. The number of methoxy groups -OCH3 is 1. The molecule has 2 N–H and O–H groups in total. The number of aromatic nitrogens is 3. The van der Waals surface area contributed by atoms with Crippen LogP contribution in [0, 0.1) is 0 Å². The number of rotatable bonds is 11. The van der Waals surface area contributed by atoms with E-state index in [1.54, 1.807) is 13.2 Å². The number of carbonyl (C=O) groups excluding carboxylic acids is 2. The van der Waals surface area contributed by atoms with Gasteiger partial charge in [0.1, 0.15) is 0 Å². The Kier molecular flexibility index (Phi) is 10.2. The van der Waals surface area contributed by atoms with E-state index in [2.05, 4.69) is 26.9 Å². The highest BCUT2D eigenvalue weighted by molar-refractivity contribution is 7.99. The maximum atomic E-state index is 12.3. The second-order valence-electron chi connectivity index (χ2n) is 7.73. The quantitative estimate of drug-likeness (QED) is 0.274. The average Bonchev–Trinajstić information content (AvgIpc) is 3.21. The highest BCUT2D eigenvalue weighted by atomic mass is 35.5. The minimum absolute atomic E-state index is 0.0451. The molecule has 1 aliphatic rings. The van der Waals surface area contributed by atoms with E-state index in [1.807, 2.05) is 22.8 Å². The largest absolute Gasteiger partial charge is 0.385 e. The number of benzene rings is 1. The van der Waals surface area contributed by atoms with Crippen molar-refractivity contribution in [1.82, 2.24) is 25.4 Å². The van der Waals surface area contributed by atoms with Gasteiger partial charge in [-0.1, -0.05) is 47.1 Å². The lowest BCUT2D eigenvalue weighted by molar-refractivity contribution is -0.117. The van der Waals surface area contributed by atoms with Gasteiger partial charge in [-0.15, -0.1) is 10.2 Å². The fourth-order valence-corrected chi connectivity index (χ4v) is 4.60. The van der Waals surface area contributed by atoms with Gasteiger partial charge in [0.15, 0.2) is 11.0 Å². The van der Waals surface area contributed by atoms with E-state index < -0.39 is 6.03 Å². The summed E-state index contributed by atoms with van der Waals surface area (Å²) in [7, 11) is 1.65. The predicted molar refractivity (Wildman–Crippen MR) is 130 cm³/mol. The van der Waals surface area contributed by atoms with Crippen LogP contribution in [0.3, 0.4) is 0 Å². The first-order valence-corrected chi connectivity index (χ1v) is 12.5. The van der Waals surface area contributed by atoms with Crippen LogP contribution in [-0.2, 0) is 16.1 Å². The number of amides is 3. The Hall–Kier alpha value is -2.36. The number of hydrogen-bond donors (Lipinski definition) is 2. The van der Waals surface area contributed by atoms with Gasteiger partial charge in [0, 0.05) is 32.4 Å². The first-order valence-electron chi connectivity index (χ1n) is 11.1. The third kappa shape index (κ3) is 7.87. The number of urea groups is 1. The van der Waals surface area contributed by atoms with E-state index in [0.717, 1.165) is 31.2 Å². The smallest absolute Gasteiger partial charge is 0.321 e. The number of carbonyl (C=O) groups is 2. The van der Waals surface area contributed by atoms with Crippen molar-refractivity contribution in [3.8, 4) is 11.4 Å². The van der Waals surface area contributed by atoms with Gasteiger partial charge in [-0.2, -0.15) is 0 Å². The summed E-state index contributed by atoms with van der Waals surface area (Å²) in [5.41, 5.74) is 2.15. The number of hydrogen-bond acceptors (Lipinski definition) is 6. The van der Waals surface area contributed by atoms with Crippen molar-refractivity contribution in [2.24, 2.45) is 0 Å². The molecule has 0 bridgehead atoms. The zero-order valence-corrected chi connectivity index (χ0v) is 20.4. The Morgan fingerprint density at radius 1 is 1.24 bits per heavy atom. The van der Waals surface area contributed by atoms with Crippen LogP contribution in [0.4, 0.5) is 4.79 Å². The SMILES string of the molecule is COCCCn1c(SCC(=O)NC(=O)NCCC2=CCCCC2)nnc1-c1ccccc1Cl. The van der Waals surface area contributed by atoms with Crippen molar-refractivity contribution < 1.29 is 14.3 Å². The lowest BCUT2D eigenvalue weighted by atomic mass is 9.97. The van der Waals surface area contributed by atoms with Gasteiger partial charge < -0.3 is 14.6 Å². The third-order valence-corrected chi connectivity index (χ3v) is 6.56. The van der Waals surface area contributed by atoms with E-state index in [4.69, 9.17) is 16.3 Å². The van der Waals surface area contributed by atoms with Crippen LogP contribution >= 0.6 is 23.4 Å². The molecule has 1 aromatic heterocycles. The normalized spacial score (nSPS) is 13.5. The Bertz CT molecular complexity index is 979. The molecule has 2 aromatic rings. The molecule has 0 aliphatic heterocycles. The summed E-state index contributed by atoms with van der Waals surface area (Å²) in [6.07, 6.45) is 8.50. The number of nitrogens with zero attached hydrogens (tertiary/aromatic N) is 3. The standard InChI is InChI=1S/C23H30ClN5O3S/c1-32-15-7-14-29-21(18-10-5-6-11-19(18)24)27-28-23(29)33-16-20(30)26-22(31)25-13-12-17-8-3-2-4-9-17/h5-6,8,10-11H,2-4,7,9,12-16H2,1H3,(H2,25,26,30,31). The molecule has 10 heteroatoms. The molecule has 3 rings (SSSR count). The van der Waals surface area contributed by atoms with Gasteiger partial charge in [0.25, 0.3) is 0 Å². The molecule has 33 heavy (non-hydrogen) atoms. The zero-order chi connectivity index (χ0) is 23.5. The maximum Gasteiger partial charge on any atom is 0.321 e. The molecule has 0 spiro atoms. The van der Waals surface area contributed by atoms with Gasteiger partial charge in [0.2, 0.25) is 5.91 Å². The highest BCUT2D eigenvalue weighted by Crippen LogP contribution is 2.29. The number of allylic oxidation sites excluding steroid dienone is 1. The van der Waals surface area contributed by atoms with Crippen molar-refractivity contribution in [2.75, 3.05) is 26.0 Å². The number of nitrogens with one attached hydrogen (secondary N) is 2. The number of ether oxygens (including phenoxy) is 1. The Morgan fingerprint density at radius 2 is 2.09 bits per heavy atom. The Balaban J connectivity index is 1.53. The molecule has 0 saturated heterocycles. The van der Waals surface area contributed by atoms with Crippen LogP contribution in [0.5, 0.6) is 0 Å². The van der Waals surface area contributed by atoms with Gasteiger partial charge in [0.05, 0.1) is 10.8 Å². The van der Waals surface area contributed by atoms with E-state index in [9.17, 15) is 9.59 Å². The number of halogens is 1. The molecule has 1 aromatic carbocycles. The molecule has 8 nitrogen and oxygen atoms in total. The van der Waals surface area contributed by atoms with Crippen molar-refractivity contribution in [2.45, 2.75) is 50.2 Å². The highest BCUT2D eigenvalue weighted by Gasteiger charge is 2.18. The van der Waals surface area contributed by atoms with Crippen LogP contribution in [-0.4, -0.2) is 52.7 Å². The molecule has 1 heterocycles. The summed E-state index contributed by atoms with van der Waals surface area (Å²) in [5.74, 6) is 0.290. The molecule has 0 atom stereocenters. The fourth-order valence-electron chi connectivity index (χ4n) is 3.61. The molecule has 178 valence electrons. The van der Waals surface area contributed by atoms with Crippen molar-refractivity contribution >= 4 is 35.3 Å². The Morgan fingerprint density at radius 3 is 2.85 bits per heavy atom. The van der Waals surface area contributed by atoms with Crippen LogP contribution in [0.25, 0.3) is 11.4 Å². The summed E-state index contributed by atoms with van der Waals surface area (Å²) < 4.78 is 7.09. The molecule has 1 aliphatic carbocycles. The summed E-state index contributed by atoms with van der Waals surface area (Å²) in [6.45, 7) is 1.72. The van der Waals surface area contributed by atoms with Crippen LogP contribution in [0.2, 0.25) is 5.02 Å². The van der Waals surface area contributed by atoms with Gasteiger partial charge in [-0.25, -0.2) is 4.79 Å². The van der Waals surface area contributed by atoms with Gasteiger partial charge >= 0.3 is 6.03 Å². The second-order valence-corrected chi connectivity index (χ2v) is 9.08. The summed E-state index contributed by atoms with van der Waals surface area (Å²) in [4.78, 5) is 24.3. The van der Waals surface area contributed by atoms with Crippen molar-refractivity contribution in [3.63, 3.8) is 0 Å². The molecule has 0 radical (unpaired) electrons. The molecule has 3 amide bonds. The second kappa shape index (κ2) is 13.4. The molecular weight excluding hydrogens is 462 g/mol. The van der Waals surface area contributed by atoms with E-state index >= 15 is 0 Å². The maximum absolute atomic E-state index is 12.3. The van der Waals surface area contributed by atoms with Crippen LogP contribution in [0.15, 0.2) is 41.1 Å². The monoisotopic (exact) mass is 491 g/mol. The van der Waals surface area contributed by atoms with Gasteiger partial charge in [-0.05, 0) is 50.7 Å². The van der Waals surface area contributed by atoms with Crippen LogP contribution in [0.1, 0.15) is 38.5 Å². The summed E-state index contributed by atoms with van der Waals surface area (Å²) in [6, 6.07) is 6.95. The van der Waals surface area contributed by atoms with Crippen LogP contribution < -0.4 is 10.6 Å². The fraction of sp³-hybridized carbons (Fsp3) is 0.478. The van der Waals surface area contributed by atoms with Crippen molar-refractivity contribution in [3.05, 3.63) is 40.9 Å². The molecular formula is C23H30ClN5O3S. The minimum Gasteiger partial charge on any atom is -0.385 e. The number of thioether (sulfide) groups is 1. The molecule has 0 fully saturated rings. The minimum atomic E-state index is -0.477. The molecule has 0 saturated carbocycles. The Labute approximate surface area is 203 Å². The topological polar surface area (TPSA) is 98.1 Å². The predicted octanol–water partition coefficient (Wildman–Crippen LogP) is 4.44. The van der Waals surface area contributed by atoms with E-state index in [0.29, 0.717) is 35.7 Å². The summed E-state index contributed by atoms with van der Waals surface area (Å²) in [5, 5.41) is 14.8. The van der Waals surface area contributed by atoms with Crippen molar-refractivity contribution in [1.29, 1.82) is 0 Å². The molecule has 0 unspecified atom stereocenters.